The molecule has 0 nitrogen and oxygen atoms in total. The maximum Gasteiger partial charge on any atom is 0.0449 e. The maximum atomic E-state index is 6.11. The largest absolute Gasteiger partial charge is 0.0891 e. The van der Waals surface area contributed by atoms with Crippen molar-refractivity contribution >= 4 is 43.5 Å². The minimum absolute atomic E-state index is 0.599. The van der Waals surface area contributed by atoms with Gasteiger partial charge in [-0.05, 0) is 37.0 Å². The van der Waals surface area contributed by atoms with Crippen molar-refractivity contribution in [2.45, 2.75) is 31.0 Å². The maximum absolute atomic E-state index is 6.11. The highest BCUT2D eigenvalue weighted by molar-refractivity contribution is 9.10. The highest BCUT2D eigenvalue weighted by Crippen LogP contribution is 2.24. The molecule has 14 heavy (non-hydrogen) atoms. The summed E-state index contributed by atoms with van der Waals surface area (Å²) in [6, 6.07) is 6.07. The summed E-state index contributed by atoms with van der Waals surface area (Å²) in [6.45, 7) is 2.18. The first-order chi connectivity index (χ1) is 6.63. The van der Waals surface area contributed by atoms with E-state index in [0.717, 1.165) is 28.8 Å². The van der Waals surface area contributed by atoms with Gasteiger partial charge in [-0.3, -0.25) is 0 Å². The average Bonchev–Trinajstić information content (AvgIpc) is 2.16. The van der Waals surface area contributed by atoms with Gasteiger partial charge in [-0.2, -0.15) is 0 Å². The number of alkyl halides is 1. The Morgan fingerprint density at radius 3 is 2.71 bits per heavy atom. The van der Waals surface area contributed by atoms with Crippen LogP contribution in [0.5, 0.6) is 0 Å². The van der Waals surface area contributed by atoms with Gasteiger partial charge in [0.15, 0.2) is 0 Å². The van der Waals surface area contributed by atoms with E-state index in [-0.39, 0.29) is 0 Å². The molecule has 0 aliphatic rings. The molecule has 0 fully saturated rings. The Labute approximate surface area is 107 Å². The Morgan fingerprint density at radius 1 is 1.43 bits per heavy atom. The molecule has 0 aliphatic carbocycles. The molecular weight excluding hydrogens is 327 g/mol. The average molecular weight is 340 g/mol. The van der Waals surface area contributed by atoms with Gasteiger partial charge in [0.2, 0.25) is 0 Å². The lowest BCUT2D eigenvalue weighted by Gasteiger charge is -2.08. The number of aryl methyl sites for hydroxylation is 1. The first kappa shape index (κ1) is 12.5. The van der Waals surface area contributed by atoms with E-state index < -0.39 is 0 Å². The molecule has 0 saturated heterocycles. The normalized spacial score (nSPS) is 12.9. The van der Waals surface area contributed by atoms with Crippen LogP contribution < -0.4 is 0 Å². The van der Waals surface area contributed by atoms with Gasteiger partial charge in [0.1, 0.15) is 0 Å². The Hall–Kier alpha value is 0.470. The van der Waals surface area contributed by atoms with Crippen LogP contribution in [-0.2, 0) is 6.42 Å². The fourth-order valence-corrected chi connectivity index (χ4v) is 2.24. The molecule has 3 heteroatoms. The predicted octanol–water partition coefficient (Wildman–Crippen LogP) is 5.21. The molecule has 0 aromatic heterocycles. The van der Waals surface area contributed by atoms with E-state index >= 15 is 0 Å². The molecule has 1 rings (SSSR count). The fourth-order valence-electron chi connectivity index (χ4n) is 1.24. The standard InChI is InChI=1S/C11H13Br2Cl/c1-2-9(12)5-3-8-4-6-10(13)7-11(8)14/h4,6-7,9H,2-3,5H2,1H3. The van der Waals surface area contributed by atoms with E-state index in [1.165, 1.54) is 5.56 Å². The molecule has 0 N–H and O–H groups in total. The van der Waals surface area contributed by atoms with Crippen LogP contribution in [0.4, 0.5) is 0 Å². The van der Waals surface area contributed by atoms with E-state index in [9.17, 15) is 0 Å². The summed E-state index contributed by atoms with van der Waals surface area (Å²) in [7, 11) is 0. The predicted molar refractivity (Wildman–Crippen MR) is 70.5 cm³/mol. The van der Waals surface area contributed by atoms with Crippen LogP contribution in [0.3, 0.4) is 0 Å². The third-order valence-corrected chi connectivity index (χ3v) is 4.14. The summed E-state index contributed by atoms with van der Waals surface area (Å²) < 4.78 is 1.04. The van der Waals surface area contributed by atoms with E-state index in [1.54, 1.807) is 0 Å². The zero-order valence-corrected chi connectivity index (χ0v) is 12.0. The first-order valence-electron chi connectivity index (χ1n) is 4.71. The van der Waals surface area contributed by atoms with Gasteiger partial charge in [-0.15, -0.1) is 0 Å². The number of benzene rings is 1. The monoisotopic (exact) mass is 338 g/mol. The SMILES string of the molecule is CCC(Br)CCc1ccc(Br)cc1Cl. The van der Waals surface area contributed by atoms with Crippen LogP contribution >= 0.6 is 43.5 Å². The summed E-state index contributed by atoms with van der Waals surface area (Å²) in [5.74, 6) is 0. The van der Waals surface area contributed by atoms with Crippen molar-refractivity contribution < 1.29 is 0 Å². The van der Waals surface area contributed by atoms with Gasteiger partial charge in [0.05, 0.1) is 0 Å². The van der Waals surface area contributed by atoms with Gasteiger partial charge < -0.3 is 0 Å². The highest BCUT2D eigenvalue weighted by Gasteiger charge is 2.04. The summed E-state index contributed by atoms with van der Waals surface area (Å²) in [4.78, 5) is 0.599. The van der Waals surface area contributed by atoms with E-state index in [2.05, 4.69) is 44.8 Å². The minimum atomic E-state index is 0.599. The van der Waals surface area contributed by atoms with Gasteiger partial charge in [0.25, 0.3) is 0 Å². The Morgan fingerprint density at radius 2 is 2.14 bits per heavy atom. The number of hydrogen-bond acceptors (Lipinski definition) is 0. The van der Waals surface area contributed by atoms with Crippen LogP contribution in [0.2, 0.25) is 5.02 Å². The number of halogens is 3. The molecule has 0 radical (unpaired) electrons. The quantitative estimate of drug-likeness (QED) is 0.660. The van der Waals surface area contributed by atoms with Crippen molar-refractivity contribution in [1.29, 1.82) is 0 Å². The Bertz CT molecular complexity index is 299. The van der Waals surface area contributed by atoms with Crippen LogP contribution in [0.1, 0.15) is 25.3 Å². The van der Waals surface area contributed by atoms with Crippen molar-refractivity contribution in [2.75, 3.05) is 0 Å². The number of hydrogen-bond donors (Lipinski definition) is 0. The van der Waals surface area contributed by atoms with Crippen molar-refractivity contribution in [2.24, 2.45) is 0 Å². The first-order valence-corrected chi connectivity index (χ1v) is 6.80. The molecule has 0 heterocycles. The van der Waals surface area contributed by atoms with E-state index in [4.69, 9.17) is 11.6 Å². The molecule has 1 atom stereocenters. The molecule has 1 unspecified atom stereocenters. The van der Waals surface area contributed by atoms with Crippen molar-refractivity contribution in [3.8, 4) is 0 Å². The Balaban J connectivity index is 2.59. The Kier molecular flexibility index (Phi) is 5.50. The van der Waals surface area contributed by atoms with Crippen molar-refractivity contribution in [3.63, 3.8) is 0 Å². The highest BCUT2D eigenvalue weighted by atomic mass is 79.9. The molecule has 78 valence electrons. The lowest BCUT2D eigenvalue weighted by Crippen LogP contribution is -1.98. The molecule has 0 aliphatic heterocycles. The minimum Gasteiger partial charge on any atom is -0.0891 e. The van der Waals surface area contributed by atoms with Crippen LogP contribution in [-0.4, -0.2) is 4.83 Å². The molecule has 1 aromatic carbocycles. The smallest absolute Gasteiger partial charge is 0.0449 e. The van der Waals surface area contributed by atoms with Gasteiger partial charge in [-0.1, -0.05) is 56.5 Å². The van der Waals surface area contributed by atoms with Gasteiger partial charge in [-0.25, -0.2) is 0 Å². The summed E-state index contributed by atoms with van der Waals surface area (Å²) in [6.07, 6.45) is 3.34. The lowest BCUT2D eigenvalue weighted by molar-refractivity contribution is 0.746. The van der Waals surface area contributed by atoms with Gasteiger partial charge >= 0.3 is 0 Å². The fraction of sp³-hybridized carbons (Fsp3) is 0.455. The molecule has 0 saturated carbocycles. The topological polar surface area (TPSA) is 0 Å². The van der Waals surface area contributed by atoms with Crippen LogP contribution in [0.25, 0.3) is 0 Å². The molecule has 0 spiro atoms. The second-order valence-electron chi connectivity index (χ2n) is 3.28. The van der Waals surface area contributed by atoms with E-state index in [0.29, 0.717) is 4.83 Å². The third-order valence-electron chi connectivity index (χ3n) is 2.18. The van der Waals surface area contributed by atoms with Crippen molar-refractivity contribution in [1.82, 2.24) is 0 Å². The zero-order valence-electron chi connectivity index (χ0n) is 8.06. The van der Waals surface area contributed by atoms with Crippen LogP contribution in [0.15, 0.2) is 22.7 Å². The van der Waals surface area contributed by atoms with Crippen molar-refractivity contribution in [3.05, 3.63) is 33.3 Å². The van der Waals surface area contributed by atoms with E-state index in [1.807, 2.05) is 12.1 Å². The lowest BCUT2D eigenvalue weighted by atomic mass is 10.1. The number of rotatable bonds is 4. The van der Waals surface area contributed by atoms with Crippen LogP contribution in [0, 0.1) is 0 Å². The second kappa shape index (κ2) is 6.14. The summed E-state index contributed by atoms with van der Waals surface area (Å²) in [5.41, 5.74) is 1.23. The molecule has 1 aromatic rings. The van der Waals surface area contributed by atoms with Gasteiger partial charge in [0, 0.05) is 14.3 Å². The molecule has 0 amide bonds. The third kappa shape index (κ3) is 3.92. The zero-order chi connectivity index (χ0) is 10.6. The summed E-state index contributed by atoms with van der Waals surface area (Å²) in [5, 5.41) is 0.857. The summed E-state index contributed by atoms with van der Waals surface area (Å²) >= 11 is 13.1. The molecule has 0 bridgehead atoms. The second-order valence-corrected chi connectivity index (χ2v) is 5.90. The molecular formula is C11H13Br2Cl.